The zero-order valence-electron chi connectivity index (χ0n) is 7.27. The van der Waals surface area contributed by atoms with Gasteiger partial charge < -0.3 is 4.98 Å². The first kappa shape index (κ1) is 8.61. The van der Waals surface area contributed by atoms with E-state index in [1.54, 1.807) is 12.3 Å². The monoisotopic (exact) mass is 161 g/mol. The number of H-pyrrole nitrogens is 1. The Morgan fingerprint density at radius 1 is 1.58 bits per heavy atom. The fourth-order valence-corrected chi connectivity index (χ4v) is 0.868. The van der Waals surface area contributed by atoms with Gasteiger partial charge in [0.2, 0.25) is 0 Å². The number of rotatable bonds is 0. The number of nitrogens with one attached hydrogen (secondary N) is 1. The Labute approximate surface area is 71.6 Å². The molecule has 12 heavy (non-hydrogen) atoms. The molecule has 1 rings (SSSR count). The van der Waals surface area contributed by atoms with Crippen molar-refractivity contribution in [2.45, 2.75) is 20.3 Å². The Morgan fingerprint density at radius 2 is 2.33 bits per heavy atom. The first-order chi connectivity index (χ1) is 5.74. The number of hydrogen-bond acceptors (Lipinski definition) is 1. The second-order valence-electron chi connectivity index (χ2n) is 2.58. The molecular weight excluding hydrogens is 150 g/mol. The standard InChI is InChI=1S/C10H11NO/c1-3-4-5-9-6-8(2)7-11-10(9)12/h6-7H,3H2,1-2H3,(H,11,12). The smallest absolute Gasteiger partial charge is 0.263 e. The number of aromatic nitrogens is 1. The fraction of sp³-hybridized carbons (Fsp3) is 0.300. The molecule has 2 nitrogen and oxygen atoms in total. The molecule has 0 bridgehead atoms. The Morgan fingerprint density at radius 3 is 3.00 bits per heavy atom. The minimum absolute atomic E-state index is 0.110. The maximum absolute atomic E-state index is 11.1. The first-order valence-corrected chi connectivity index (χ1v) is 3.92. The highest BCUT2D eigenvalue weighted by molar-refractivity contribution is 5.33. The molecule has 0 unspecified atom stereocenters. The Kier molecular flexibility index (Phi) is 2.71. The molecule has 1 aromatic heterocycles. The third-order valence-corrected chi connectivity index (χ3v) is 1.45. The molecule has 0 aliphatic heterocycles. The number of aromatic amines is 1. The van der Waals surface area contributed by atoms with Crippen molar-refractivity contribution in [3.8, 4) is 11.8 Å². The summed E-state index contributed by atoms with van der Waals surface area (Å²) in [6, 6.07) is 1.79. The third kappa shape index (κ3) is 2.00. The van der Waals surface area contributed by atoms with Crippen molar-refractivity contribution in [1.29, 1.82) is 0 Å². The zero-order chi connectivity index (χ0) is 8.97. The summed E-state index contributed by atoms with van der Waals surface area (Å²) in [6.45, 7) is 3.88. The summed E-state index contributed by atoms with van der Waals surface area (Å²) in [5.41, 5.74) is 1.47. The topological polar surface area (TPSA) is 32.9 Å². The van der Waals surface area contributed by atoms with Crippen LogP contribution in [-0.2, 0) is 0 Å². The van der Waals surface area contributed by atoms with Gasteiger partial charge in [-0.15, -0.1) is 0 Å². The van der Waals surface area contributed by atoms with Crippen LogP contribution in [0.2, 0.25) is 0 Å². The van der Waals surface area contributed by atoms with E-state index in [1.165, 1.54) is 0 Å². The molecular formula is C10H11NO. The highest BCUT2D eigenvalue weighted by atomic mass is 16.1. The first-order valence-electron chi connectivity index (χ1n) is 3.92. The van der Waals surface area contributed by atoms with Gasteiger partial charge in [0, 0.05) is 12.6 Å². The molecule has 0 amide bonds. The molecule has 0 aliphatic carbocycles. The SMILES string of the molecule is CCC#Cc1cc(C)c[nH]c1=O. The van der Waals surface area contributed by atoms with Gasteiger partial charge in [-0.1, -0.05) is 18.8 Å². The molecule has 0 saturated carbocycles. The molecule has 0 saturated heterocycles. The molecule has 2 heteroatoms. The fourth-order valence-electron chi connectivity index (χ4n) is 0.868. The summed E-state index contributed by atoms with van der Waals surface area (Å²) >= 11 is 0. The molecule has 0 fully saturated rings. The van der Waals surface area contributed by atoms with E-state index < -0.39 is 0 Å². The predicted octanol–water partition coefficient (Wildman–Crippen LogP) is 1.44. The van der Waals surface area contributed by atoms with Gasteiger partial charge in [0.05, 0.1) is 5.56 Å². The van der Waals surface area contributed by atoms with E-state index in [2.05, 4.69) is 16.8 Å². The summed E-state index contributed by atoms with van der Waals surface area (Å²) in [5, 5.41) is 0. The molecule has 62 valence electrons. The van der Waals surface area contributed by atoms with E-state index in [0.29, 0.717) is 5.56 Å². The predicted molar refractivity (Wildman–Crippen MR) is 49.0 cm³/mol. The minimum atomic E-state index is -0.110. The van der Waals surface area contributed by atoms with Crippen molar-refractivity contribution < 1.29 is 0 Å². The Bertz CT molecular complexity index is 379. The lowest BCUT2D eigenvalue weighted by Crippen LogP contribution is -2.08. The van der Waals surface area contributed by atoms with Crippen LogP contribution in [0.5, 0.6) is 0 Å². The summed E-state index contributed by atoms with van der Waals surface area (Å²) in [4.78, 5) is 13.7. The molecule has 1 N–H and O–H groups in total. The molecule has 1 heterocycles. The third-order valence-electron chi connectivity index (χ3n) is 1.45. The van der Waals surface area contributed by atoms with Crippen LogP contribution in [0.15, 0.2) is 17.1 Å². The largest absolute Gasteiger partial charge is 0.328 e. The lowest BCUT2D eigenvalue weighted by Gasteiger charge is -1.91. The van der Waals surface area contributed by atoms with Gasteiger partial charge in [0.1, 0.15) is 0 Å². The molecule has 0 radical (unpaired) electrons. The normalized spacial score (nSPS) is 8.83. The van der Waals surface area contributed by atoms with E-state index in [1.807, 2.05) is 13.8 Å². The summed E-state index contributed by atoms with van der Waals surface area (Å²) in [5.74, 6) is 5.67. The lowest BCUT2D eigenvalue weighted by atomic mass is 10.2. The summed E-state index contributed by atoms with van der Waals surface area (Å²) < 4.78 is 0. The molecule has 0 atom stereocenters. The average molecular weight is 161 g/mol. The van der Waals surface area contributed by atoms with Crippen molar-refractivity contribution in [3.63, 3.8) is 0 Å². The number of pyridine rings is 1. The molecule has 0 aromatic carbocycles. The van der Waals surface area contributed by atoms with Crippen molar-refractivity contribution in [2.75, 3.05) is 0 Å². The van der Waals surface area contributed by atoms with Gasteiger partial charge >= 0.3 is 0 Å². The van der Waals surface area contributed by atoms with Crippen molar-refractivity contribution in [1.82, 2.24) is 4.98 Å². The van der Waals surface area contributed by atoms with Crippen LogP contribution in [0.1, 0.15) is 24.5 Å². The quantitative estimate of drug-likeness (QED) is 0.574. The van der Waals surface area contributed by atoms with Gasteiger partial charge in [-0.2, -0.15) is 0 Å². The molecule has 1 aromatic rings. The van der Waals surface area contributed by atoms with Gasteiger partial charge in [0.25, 0.3) is 5.56 Å². The van der Waals surface area contributed by atoms with Crippen LogP contribution in [0.3, 0.4) is 0 Å². The van der Waals surface area contributed by atoms with Crippen molar-refractivity contribution >= 4 is 0 Å². The van der Waals surface area contributed by atoms with Crippen molar-refractivity contribution in [2.24, 2.45) is 0 Å². The van der Waals surface area contributed by atoms with Crippen LogP contribution in [0.4, 0.5) is 0 Å². The van der Waals surface area contributed by atoms with Crippen LogP contribution >= 0.6 is 0 Å². The van der Waals surface area contributed by atoms with Crippen LogP contribution < -0.4 is 5.56 Å². The van der Waals surface area contributed by atoms with Gasteiger partial charge in [-0.05, 0) is 18.6 Å². The summed E-state index contributed by atoms with van der Waals surface area (Å²) in [6.07, 6.45) is 2.45. The second kappa shape index (κ2) is 3.77. The van der Waals surface area contributed by atoms with E-state index in [4.69, 9.17) is 0 Å². The van der Waals surface area contributed by atoms with E-state index >= 15 is 0 Å². The highest BCUT2D eigenvalue weighted by Crippen LogP contribution is 1.93. The van der Waals surface area contributed by atoms with Gasteiger partial charge in [0.15, 0.2) is 0 Å². The van der Waals surface area contributed by atoms with E-state index in [9.17, 15) is 4.79 Å². The summed E-state index contributed by atoms with van der Waals surface area (Å²) in [7, 11) is 0. The zero-order valence-corrected chi connectivity index (χ0v) is 7.27. The van der Waals surface area contributed by atoms with Crippen LogP contribution in [0.25, 0.3) is 0 Å². The Balaban J connectivity index is 3.14. The highest BCUT2D eigenvalue weighted by Gasteiger charge is 1.93. The maximum Gasteiger partial charge on any atom is 0.263 e. The van der Waals surface area contributed by atoms with Crippen molar-refractivity contribution in [3.05, 3.63) is 33.7 Å². The maximum atomic E-state index is 11.1. The van der Waals surface area contributed by atoms with E-state index in [-0.39, 0.29) is 5.56 Å². The van der Waals surface area contributed by atoms with Gasteiger partial charge in [-0.25, -0.2) is 0 Å². The molecule has 0 spiro atoms. The van der Waals surface area contributed by atoms with E-state index in [0.717, 1.165) is 12.0 Å². The van der Waals surface area contributed by atoms with Gasteiger partial charge in [-0.3, -0.25) is 4.79 Å². The number of aryl methyl sites for hydroxylation is 1. The lowest BCUT2D eigenvalue weighted by molar-refractivity contribution is 1.18. The Hall–Kier alpha value is -1.49. The minimum Gasteiger partial charge on any atom is -0.328 e. The average Bonchev–Trinajstić information content (AvgIpc) is 2.07. The second-order valence-corrected chi connectivity index (χ2v) is 2.58. The molecule has 0 aliphatic rings. The van der Waals surface area contributed by atoms with Crippen LogP contribution in [-0.4, -0.2) is 4.98 Å². The van der Waals surface area contributed by atoms with Crippen LogP contribution in [0, 0.1) is 18.8 Å². The number of hydrogen-bond donors (Lipinski definition) is 1.